The molecule has 0 saturated carbocycles. The lowest BCUT2D eigenvalue weighted by Crippen LogP contribution is -2.38. The van der Waals surface area contributed by atoms with E-state index in [4.69, 9.17) is 5.73 Å². The molecule has 1 heterocycles. The number of rotatable bonds is 3. The second-order valence-electron chi connectivity index (χ2n) is 5.62. The zero-order chi connectivity index (χ0) is 14.2. The normalized spacial score (nSPS) is 23.4. The Labute approximate surface area is 113 Å². The minimum atomic E-state index is -0.352. The van der Waals surface area contributed by atoms with Crippen LogP contribution in [0.25, 0.3) is 0 Å². The molecule has 0 aliphatic carbocycles. The Kier molecular flexibility index (Phi) is 3.96. The zero-order valence-corrected chi connectivity index (χ0v) is 11.7. The predicted molar refractivity (Wildman–Crippen MR) is 75.9 cm³/mol. The van der Waals surface area contributed by atoms with Crippen molar-refractivity contribution in [1.82, 2.24) is 4.90 Å². The van der Waals surface area contributed by atoms with E-state index in [9.17, 15) is 9.50 Å². The number of hydrogen-bond donors (Lipinski definition) is 2. The van der Waals surface area contributed by atoms with E-state index in [1.54, 1.807) is 13.0 Å². The molecule has 1 aromatic carbocycles. The standard InChI is InChI=1S/C14H22FN3O/c1-9-4-14(13(16)6-12(9)15)18-8-11(19)5-10(18)7-17(2)3/h4,6,10-11,19H,5,7-8,16H2,1-3H3. The van der Waals surface area contributed by atoms with Gasteiger partial charge in [0.1, 0.15) is 5.82 Å². The first-order valence-electron chi connectivity index (χ1n) is 6.53. The monoisotopic (exact) mass is 267 g/mol. The molecule has 1 aliphatic rings. The second kappa shape index (κ2) is 5.35. The third-order valence-corrected chi connectivity index (χ3v) is 3.59. The van der Waals surface area contributed by atoms with Gasteiger partial charge in [0.25, 0.3) is 0 Å². The summed E-state index contributed by atoms with van der Waals surface area (Å²) in [5, 5.41) is 9.88. The Balaban J connectivity index is 2.31. The van der Waals surface area contributed by atoms with E-state index >= 15 is 0 Å². The highest BCUT2D eigenvalue weighted by molar-refractivity contribution is 5.69. The van der Waals surface area contributed by atoms with Gasteiger partial charge in [0.2, 0.25) is 0 Å². The van der Waals surface area contributed by atoms with Gasteiger partial charge in [0, 0.05) is 19.1 Å². The van der Waals surface area contributed by atoms with Crippen LogP contribution in [-0.2, 0) is 0 Å². The van der Waals surface area contributed by atoms with Gasteiger partial charge in [-0.15, -0.1) is 0 Å². The Morgan fingerprint density at radius 3 is 2.79 bits per heavy atom. The fourth-order valence-corrected chi connectivity index (χ4v) is 2.71. The number of nitrogens with two attached hydrogens (primary N) is 1. The van der Waals surface area contributed by atoms with Crippen LogP contribution in [0.4, 0.5) is 15.8 Å². The maximum absolute atomic E-state index is 13.5. The summed E-state index contributed by atoms with van der Waals surface area (Å²) in [5.41, 5.74) is 7.76. The van der Waals surface area contributed by atoms with Crippen LogP contribution < -0.4 is 10.6 Å². The number of nitrogens with zero attached hydrogens (tertiary/aromatic N) is 2. The summed E-state index contributed by atoms with van der Waals surface area (Å²) in [5.74, 6) is -0.287. The topological polar surface area (TPSA) is 52.7 Å². The smallest absolute Gasteiger partial charge is 0.128 e. The summed E-state index contributed by atoms with van der Waals surface area (Å²) < 4.78 is 13.5. The average molecular weight is 267 g/mol. The van der Waals surface area contributed by atoms with Crippen molar-refractivity contribution < 1.29 is 9.50 Å². The molecular weight excluding hydrogens is 245 g/mol. The van der Waals surface area contributed by atoms with Crippen LogP contribution in [0, 0.1) is 12.7 Å². The lowest BCUT2D eigenvalue weighted by Gasteiger charge is -2.30. The van der Waals surface area contributed by atoms with Crippen LogP contribution >= 0.6 is 0 Å². The van der Waals surface area contributed by atoms with Crippen LogP contribution in [-0.4, -0.2) is 49.3 Å². The Morgan fingerprint density at radius 1 is 1.47 bits per heavy atom. The number of aliphatic hydroxyl groups is 1. The van der Waals surface area contributed by atoms with Crippen molar-refractivity contribution in [2.45, 2.75) is 25.5 Å². The third kappa shape index (κ3) is 2.98. The number of aliphatic hydroxyl groups excluding tert-OH is 1. The van der Waals surface area contributed by atoms with Crippen molar-refractivity contribution in [2.24, 2.45) is 0 Å². The molecule has 0 amide bonds. The van der Waals surface area contributed by atoms with Crippen LogP contribution in [0.2, 0.25) is 0 Å². The average Bonchev–Trinajstić information content (AvgIpc) is 2.63. The fraction of sp³-hybridized carbons (Fsp3) is 0.571. The van der Waals surface area contributed by atoms with E-state index in [-0.39, 0.29) is 18.0 Å². The number of hydrogen-bond acceptors (Lipinski definition) is 4. The molecule has 0 bridgehead atoms. The first kappa shape index (κ1) is 14.1. The second-order valence-corrected chi connectivity index (χ2v) is 5.62. The van der Waals surface area contributed by atoms with Crippen LogP contribution in [0.5, 0.6) is 0 Å². The van der Waals surface area contributed by atoms with Gasteiger partial charge in [0.15, 0.2) is 0 Å². The SMILES string of the molecule is Cc1cc(N2CC(O)CC2CN(C)C)c(N)cc1F. The maximum atomic E-state index is 13.5. The lowest BCUT2D eigenvalue weighted by atomic mass is 10.1. The molecule has 1 saturated heterocycles. The Hall–Kier alpha value is -1.33. The summed E-state index contributed by atoms with van der Waals surface area (Å²) in [6.45, 7) is 3.12. The molecular formula is C14H22FN3O. The number of benzene rings is 1. The molecule has 2 rings (SSSR count). The fourth-order valence-electron chi connectivity index (χ4n) is 2.71. The molecule has 1 aromatic rings. The molecule has 5 heteroatoms. The highest BCUT2D eigenvalue weighted by Crippen LogP contribution is 2.32. The quantitative estimate of drug-likeness (QED) is 0.809. The van der Waals surface area contributed by atoms with Gasteiger partial charge in [-0.05, 0) is 45.1 Å². The first-order chi connectivity index (χ1) is 8.88. The minimum absolute atomic E-state index is 0.206. The summed E-state index contributed by atoms with van der Waals surface area (Å²) in [4.78, 5) is 4.18. The zero-order valence-electron chi connectivity index (χ0n) is 11.7. The lowest BCUT2D eigenvalue weighted by molar-refractivity contribution is 0.191. The van der Waals surface area contributed by atoms with Gasteiger partial charge in [-0.3, -0.25) is 0 Å². The summed E-state index contributed by atoms with van der Waals surface area (Å²) in [7, 11) is 4.00. The number of anilines is 2. The number of likely N-dealkylation sites (N-methyl/N-ethyl adjacent to an activating group) is 1. The Bertz CT molecular complexity index is 464. The van der Waals surface area contributed by atoms with Crippen molar-refractivity contribution in [2.75, 3.05) is 37.8 Å². The van der Waals surface area contributed by atoms with E-state index in [0.717, 1.165) is 12.2 Å². The van der Waals surface area contributed by atoms with Crippen molar-refractivity contribution >= 4 is 11.4 Å². The summed E-state index contributed by atoms with van der Waals surface area (Å²) >= 11 is 0. The molecule has 0 spiro atoms. The minimum Gasteiger partial charge on any atom is -0.397 e. The predicted octanol–water partition coefficient (Wildman–Crippen LogP) is 1.22. The molecule has 2 atom stereocenters. The van der Waals surface area contributed by atoms with Gasteiger partial charge >= 0.3 is 0 Å². The van der Waals surface area contributed by atoms with Crippen LogP contribution in [0.3, 0.4) is 0 Å². The highest BCUT2D eigenvalue weighted by atomic mass is 19.1. The number of aryl methyl sites for hydroxylation is 1. The van der Waals surface area contributed by atoms with Crippen molar-refractivity contribution in [3.05, 3.63) is 23.5 Å². The third-order valence-electron chi connectivity index (χ3n) is 3.59. The summed E-state index contributed by atoms with van der Waals surface area (Å²) in [6.07, 6.45) is 0.364. The van der Waals surface area contributed by atoms with Crippen LogP contribution in [0.1, 0.15) is 12.0 Å². The van der Waals surface area contributed by atoms with Gasteiger partial charge in [0.05, 0.1) is 17.5 Å². The molecule has 19 heavy (non-hydrogen) atoms. The number of nitrogen functional groups attached to an aromatic ring is 1. The Morgan fingerprint density at radius 2 is 2.16 bits per heavy atom. The van der Waals surface area contributed by atoms with Crippen LogP contribution in [0.15, 0.2) is 12.1 Å². The van der Waals surface area contributed by atoms with E-state index in [1.165, 1.54) is 6.07 Å². The van der Waals surface area contributed by atoms with E-state index in [0.29, 0.717) is 24.2 Å². The van der Waals surface area contributed by atoms with E-state index in [2.05, 4.69) is 9.80 Å². The van der Waals surface area contributed by atoms with Crippen molar-refractivity contribution in [3.8, 4) is 0 Å². The van der Waals surface area contributed by atoms with Crippen molar-refractivity contribution in [1.29, 1.82) is 0 Å². The summed E-state index contributed by atoms with van der Waals surface area (Å²) in [6, 6.07) is 3.34. The molecule has 3 N–H and O–H groups in total. The molecule has 2 unspecified atom stereocenters. The molecule has 1 aliphatic heterocycles. The van der Waals surface area contributed by atoms with Gasteiger partial charge in [-0.1, -0.05) is 0 Å². The molecule has 0 radical (unpaired) electrons. The number of β-amino-alcohol motifs (C(OH)–C–C–N with tert-alkyl or cyclic N) is 1. The van der Waals surface area contributed by atoms with E-state index in [1.807, 2.05) is 14.1 Å². The van der Waals surface area contributed by atoms with Gasteiger partial charge in [-0.2, -0.15) is 0 Å². The number of halogens is 1. The molecule has 4 nitrogen and oxygen atoms in total. The molecule has 1 fully saturated rings. The maximum Gasteiger partial charge on any atom is 0.128 e. The van der Waals surface area contributed by atoms with Gasteiger partial charge < -0.3 is 20.6 Å². The van der Waals surface area contributed by atoms with Gasteiger partial charge in [-0.25, -0.2) is 4.39 Å². The molecule has 106 valence electrons. The first-order valence-corrected chi connectivity index (χ1v) is 6.53. The highest BCUT2D eigenvalue weighted by Gasteiger charge is 2.32. The van der Waals surface area contributed by atoms with Crippen molar-refractivity contribution in [3.63, 3.8) is 0 Å². The van der Waals surface area contributed by atoms with E-state index < -0.39 is 0 Å². The largest absolute Gasteiger partial charge is 0.397 e. The molecule has 0 aromatic heterocycles.